The maximum atomic E-state index is 6.22. The summed E-state index contributed by atoms with van der Waals surface area (Å²) in [6.45, 7) is 2.64. The van der Waals surface area contributed by atoms with Crippen molar-refractivity contribution in [2.24, 2.45) is 0 Å². The quantitative estimate of drug-likeness (QED) is 0.383. The number of nitrogens with zero attached hydrogens (tertiary/aromatic N) is 4. The lowest BCUT2D eigenvalue weighted by atomic mass is 10.1. The van der Waals surface area contributed by atoms with Crippen LogP contribution in [0.2, 0.25) is 0 Å². The Morgan fingerprint density at radius 2 is 1.72 bits per heavy atom. The van der Waals surface area contributed by atoms with E-state index in [1.807, 2.05) is 66.9 Å². The van der Waals surface area contributed by atoms with Crippen LogP contribution >= 0.6 is 11.3 Å². The highest BCUT2D eigenvalue weighted by Gasteiger charge is 2.14. The van der Waals surface area contributed by atoms with E-state index in [4.69, 9.17) is 4.74 Å². The summed E-state index contributed by atoms with van der Waals surface area (Å²) in [6, 6.07) is 22.1. The highest BCUT2D eigenvalue weighted by atomic mass is 32.1. The maximum absolute atomic E-state index is 6.22. The van der Waals surface area contributed by atoms with Crippen molar-refractivity contribution in [2.45, 2.75) is 25.9 Å². The van der Waals surface area contributed by atoms with E-state index in [0.29, 0.717) is 6.61 Å². The zero-order chi connectivity index (χ0) is 21.6. The maximum Gasteiger partial charge on any atom is 0.210 e. The molecule has 162 valence electrons. The van der Waals surface area contributed by atoms with Crippen molar-refractivity contribution in [3.05, 3.63) is 78.5 Å². The Hall–Kier alpha value is -3.45. The van der Waals surface area contributed by atoms with E-state index < -0.39 is 0 Å². The number of rotatable bonds is 7. The lowest BCUT2D eigenvalue weighted by molar-refractivity contribution is 0.307. The monoisotopic (exact) mass is 443 g/mol. The number of hydrogen-bond donors (Lipinski definition) is 1. The Morgan fingerprint density at radius 3 is 2.59 bits per heavy atom. The Labute approximate surface area is 191 Å². The zero-order valence-electron chi connectivity index (χ0n) is 17.8. The first-order chi connectivity index (χ1) is 15.8. The summed E-state index contributed by atoms with van der Waals surface area (Å²) in [5.41, 5.74) is 3.04. The largest absolute Gasteiger partial charge is 0.488 e. The summed E-state index contributed by atoms with van der Waals surface area (Å²) >= 11 is 1.51. The van der Waals surface area contributed by atoms with Crippen LogP contribution in [0.15, 0.2) is 72.9 Å². The first-order valence-electron chi connectivity index (χ1n) is 10.9. The molecular weight excluding hydrogens is 418 g/mol. The highest BCUT2D eigenvalue weighted by molar-refractivity contribution is 7.18. The molecular formula is C25H25N5OS. The fraction of sp³-hybridized carbons (Fsp3) is 0.240. The number of pyridine rings is 1. The molecule has 0 amide bonds. The molecule has 1 N–H and O–H groups in total. The predicted molar refractivity (Wildman–Crippen MR) is 130 cm³/mol. The highest BCUT2D eigenvalue weighted by Crippen LogP contribution is 2.34. The predicted octanol–water partition coefficient (Wildman–Crippen LogP) is 5.91. The fourth-order valence-corrected chi connectivity index (χ4v) is 4.60. The van der Waals surface area contributed by atoms with Crippen LogP contribution in [-0.2, 0) is 6.61 Å². The summed E-state index contributed by atoms with van der Waals surface area (Å²) in [5, 5.41) is 13.6. The molecule has 4 aromatic rings. The van der Waals surface area contributed by atoms with Crippen LogP contribution in [-0.4, -0.2) is 28.3 Å². The Morgan fingerprint density at radius 1 is 0.906 bits per heavy atom. The fourth-order valence-electron chi connectivity index (χ4n) is 3.80. The van der Waals surface area contributed by atoms with Crippen molar-refractivity contribution in [1.29, 1.82) is 0 Å². The molecule has 0 aliphatic carbocycles. The molecule has 5 rings (SSSR count). The first kappa shape index (κ1) is 20.5. The molecule has 0 radical (unpaired) electrons. The Balaban J connectivity index is 1.29. The van der Waals surface area contributed by atoms with Gasteiger partial charge >= 0.3 is 0 Å². The van der Waals surface area contributed by atoms with Gasteiger partial charge in [0.1, 0.15) is 18.2 Å². The summed E-state index contributed by atoms with van der Waals surface area (Å²) in [7, 11) is 0. The van der Waals surface area contributed by atoms with Crippen LogP contribution in [0.5, 0.6) is 5.75 Å². The zero-order valence-corrected chi connectivity index (χ0v) is 18.6. The first-order valence-corrected chi connectivity index (χ1v) is 11.7. The number of hydrogen-bond acceptors (Lipinski definition) is 7. The summed E-state index contributed by atoms with van der Waals surface area (Å²) in [4.78, 5) is 6.93. The molecule has 2 aromatic carbocycles. The molecule has 0 spiro atoms. The minimum atomic E-state index is 0.480. The van der Waals surface area contributed by atoms with Gasteiger partial charge in [0.15, 0.2) is 5.01 Å². The van der Waals surface area contributed by atoms with Crippen molar-refractivity contribution >= 4 is 28.0 Å². The normalized spacial score (nSPS) is 13.7. The second kappa shape index (κ2) is 9.78. The number of ether oxygens (including phenoxy) is 1. The van der Waals surface area contributed by atoms with E-state index in [-0.39, 0.29) is 0 Å². The molecule has 0 saturated carbocycles. The van der Waals surface area contributed by atoms with Gasteiger partial charge in [-0.25, -0.2) is 4.98 Å². The van der Waals surface area contributed by atoms with Gasteiger partial charge in [-0.2, -0.15) is 0 Å². The lowest BCUT2D eigenvalue weighted by Crippen LogP contribution is -2.30. The van der Waals surface area contributed by atoms with Crippen LogP contribution in [0, 0.1) is 0 Å². The van der Waals surface area contributed by atoms with Crippen LogP contribution < -0.4 is 15.0 Å². The molecule has 1 saturated heterocycles. The second-order valence-electron chi connectivity index (χ2n) is 7.76. The van der Waals surface area contributed by atoms with E-state index in [2.05, 4.69) is 31.5 Å². The van der Waals surface area contributed by atoms with Crippen molar-refractivity contribution in [1.82, 2.24) is 15.2 Å². The van der Waals surface area contributed by atoms with Gasteiger partial charge in [0.05, 0.1) is 5.56 Å². The van der Waals surface area contributed by atoms with Crippen LogP contribution in [0.4, 0.5) is 16.6 Å². The smallest absolute Gasteiger partial charge is 0.210 e. The summed E-state index contributed by atoms with van der Waals surface area (Å²) in [6.07, 6.45) is 5.66. The minimum Gasteiger partial charge on any atom is -0.488 e. The van der Waals surface area contributed by atoms with Gasteiger partial charge < -0.3 is 15.0 Å². The molecule has 1 aliphatic rings. The second-order valence-corrected chi connectivity index (χ2v) is 8.74. The van der Waals surface area contributed by atoms with Gasteiger partial charge in [0.2, 0.25) is 5.13 Å². The van der Waals surface area contributed by atoms with Crippen LogP contribution in [0.1, 0.15) is 24.8 Å². The SMILES string of the molecule is c1ccc(Nc2nnc(-c3ccccc3OCc3ccnc(N4CCCCC4)c3)s2)cc1. The van der Waals surface area contributed by atoms with Crippen molar-refractivity contribution in [2.75, 3.05) is 23.3 Å². The van der Waals surface area contributed by atoms with Crippen molar-refractivity contribution in [3.8, 4) is 16.3 Å². The van der Waals surface area contributed by atoms with Gasteiger partial charge in [-0.05, 0) is 61.2 Å². The third kappa shape index (κ3) is 4.89. The van der Waals surface area contributed by atoms with Gasteiger partial charge in [0, 0.05) is 25.0 Å². The number of anilines is 3. The average molecular weight is 444 g/mol. The van der Waals surface area contributed by atoms with E-state index in [1.54, 1.807) is 0 Å². The van der Waals surface area contributed by atoms with E-state index in [0.717, 1.165) is 51.6 Å². The molecule has 6 nitrogen and oxygen atoms in total. The minimum absolute atomic E-state index is 0.480. The number of nitrogens with one attached hydrogen (secondary N) is 1. The third-order valence-corrected chi connectivity index (χ3v) is 6.32. The lowest BCUT2D eigenvalue weighted by Gasteiger charge is -2.27. The van der Waals surface area contributed by atoms with Gasteiger partial charge in [-0.1, -0.05) is 41.7 Å². The molecule has 2 aromatic heterocycles. The summed E-state index contributed by atoms with van der Waals surface area (Å²) < 4.78 is 6.22. The molecule has 0 bridgehead atoms. The standard InChI is InChI=1S/C25H25N5OS/c1-3-9-20(10-4-1)27-25-29-28-24(32-25)21-11-5-6-12-22(21)31-18-19-13-14-26-23(17-19)30-15-7-2-8-16-30/h1,3-6,9-14,17H,2,7-8,15-16,18H2,(H,27,29). The van der Waals surface area contributed by atoms with Gasteiger partial charge in [-0.15, -0.1) is 10.2 Å². The van der Waals surface area contributed by atoms with E-state index in [1.165, 1.54) is 30.6 Å². The molecule has 1 fully saturated rings. The Kier molecular flexibility index (Phi) is 6.25. The number of benzene rings is 2. The van der Waals surface area contributed by atoms with E-state index >= 15 is 0 Å². The van der Waals surface area contributed by atoms with Crippen LogP contribution in [0.25, 0.3) is 10.6 Å². The molecule has 1 aliphatic heterocycles. The molecule has 32 heavy (non-hydrogen) atoms. The molecule has 0 unspecified atom stereocenters. The summed E-state index contributed by atoms with van der Waals surface area (Å²) in [5.74, 6) is 1.84. The topological polar surface area (TPSA) is 63.2 Å². The molecule has 7 heteroatoms. The number of piperidine rings is 1. The molecule has 0 atom stereocenters. The Bertz CT molecular complexity index is 1160. The molecule has 3 heterocycles. The van der Waals surface area contributed by atoms with Gasteiger partial charge in [0.25, 0.3) is 0 Å². The van der Waals surface area contributed by atoms with Crippen molar-refractivity contribution < 1.29 is 4.74 Å². The number of aromatic nitrogens is 3. The third-order valence-electron chi connectivity index (χ3n) is 5.45. The van der Waals surface area contributed by atoms with E-state index in [9.17, 15) is 0 Å². The van der Waals surface area contributed by atoms with Gasteiger partial charge in [-0.3, -0.25) is 0 Å². The van der Waals surface area contributed by atoms with Crippen LogP contribution in [0.3, 0.4) is 0 Å². The number of para-hydroxylation sites is 2. The average Bonchev–Trinajstić information content (AvgIpc) is 3.32. The van der Waals surface area contributed by atoms with Crippen molar-refractivity contribution in [3.63, 3.8) is 0 Å².